The minimum atomic E-state index is -0.525. The molecule has 0 saturated heterocycles. The van der Waals surface area contributed by atoms with Crippen LogP contribution < -0.4 is 10.6 Å². The first-order valence-corrected chi connectivity index (χ1v) is 9.23. The largest absolute Gasteiger partial charge is 0.348 e. The minimum absolute atomic E-state index is 0.111. The van der Waals surface area contributed by atoms with E-state index < -0.39 is 5.41 Å². The van der Waals surface area contributed by atoms with Crippen molar-refractivity contribution in [1.82, 2.24) is 5.32 Å². The molecule has 25 heavy (non-hydrogen) atoms. The van der Waals surface area contributed by atoms with Gasteiger partial charge >= 0.3 is 0 Å². The Kier molecular flexibility index (Phi) is 5.91. The van der Waals surface area contributed by atoms with E-state index in [0.717, 1.165) is 16.0 Å². The molecule has 2 rings (SSSR count). The van der Waals surface area contributed by atoms with Gasteiger partial charge < -0.3 is 10.6 Å². The van der Waals surface area contributed by atoms with Gasteiger partial charge in [-0.05, 0) is 37.1 Å². The van der Waals surface area contributed by atoms with Gasteiger partial charge in [0.1, 0.15) is 5.00 Å². The predicted molar refractivity (Wildman–Crippen MR) is 104 cm³/mol. The highest BCUT2D eigenvalue weighted by Gasteiger charge is 2.26. The molecule has 0 spiro atoms. The fraction of sp³-hybridized carbons (Fsp3) is 0.368. The summed E-state index contributed by atoms with van der Waals surface area (Å²) in [7, 11) is 0. The fourth-order valence-corrected chi connectivity index (χ4v) is 3.33. The number of carbonyl (C=O) groups is 2. The Morgan fingerprint density at radius 1 is 1.12 bits per heavy atom. The van der Waals surface area contributed by atoms with Crippen molar-refractivity contribution in [2.24, 2.45) is 5.41 Å². The first-order chi connectivity index (χ1) is 11.6. The van der Waals surface area contributed by atoms with Crippen LogP contribution in [0.1, 0.15) is 47.1 Å². The van der Waals surface area contributed by atoms with E-state index in [1.807, 2.05) is 46.8 Å². The predicted octanol–water partition coefficient (Wildman–Crippen LogP) is 4.93. The summed E-state index contributed by atoms with van der Waals surface area (Å²) in [5.74, 6) is -0.304. The second-order valence-electron chi connectivity index (χ2n) is 7.00. The summed E-state index contributed by atoms with van der Waals surface area (Å²) in [5, 5.41) is 7.07. The quantitative estimate of drug-likeness (QED) is 0.792. The second kappa shape index (κ2) is 7.58. The molecule has 0 radical (unpaired) electrons. The van der Waals surface area contributed by atoms with E-state index in [-0.39, 0.29) is 11.8 Å². The highest BCUT2D eigenvalue weighted by Crippen LogP contribution is 2.33. The zero-order valence-electron chi connectivity index (χ0n) is 15.1. The molecular weight excluding hydrogens is 356 g/mol. The third-order valence-corrected chi connectivity index (χ3v) is 5.26. The molecule has 0 unspecified atom stereocenters. The Hall–Kier alpha value is -1.85. The Bertz CT molecular complexity index is 789. The normalized spacial score (nSPS) is 11.3. The van der Waals surface area contributed by atoms with Gasteiger partial charge in [0.05, 0.1) is 5.56 Å². The average Bonchev–Trinajstić information content (AvgIpc) is 2.80. The topological polar surface area (TPSA) is 58.2 Å². The maximum absolute atomic E-state index is 12.7. The Labute approximate surface area is 157 Å². The van der Waals surface area contributed by atoms with Crippen molar-refractivity contribution >= 4 is 39.8 Å². The van der Waals surface area contributed by atoms with Crippen LogP contribution in [0.15, 0.2) is 24.3 Å². The lowest BCUT2D eigenvalue weighted by molar-refractivity contribution is -0.123. The monoisotopic (exact) mass is 378 g/mol. The van der Waals surface area contributed by atoms with Gasteiger partial charge in [-0.1, -0.05) is 44.5 Å². The van der Waals surface area contributed by atoms with Gasteiger partial charge in [-0.3, -0.25) is 9.59 Å². The van der Waals surface area contributed by atoms with E-state index in [2.05, 4.69) is 10.6 Å². The molecule has 0 atom stereocenters. The van der Waals surface area contributed by atoms with Crippen LogP contribution in [-0.2, 0) is 11.3 Å². The average molecular weight is 379 g/mol. The Balaban J connectivity index is 2.18. The van der Waals surface area contributed by atoms with E-state index in [4.69, 9.17) is 11.6 Å². The van der Waals surface area contributed by atoms with Crippen LogP contribution in [0.25, 0.3) is 0 Å². The molecule has 1 aromatic heterocycles. The van der Waals surface area contributed by atoms with Gasteiger partial charge in [-0.2, -0.15) is 0 Å². The summed E-state index contributed by atoms with van der Waals surface area (Å²) >= 11 is 7.30. The fourth-order valence-electron chi connectivity index (χ4n) is 2.15. The van der Waals surface area contributed by atoms with Crippen molar-refractivity contribution in [3.05, 3.63) is 50.9 Å². The van der Waals surface area contributed by atoms with Crippen molar-refractivity contribution in [2.45, 2.75) is 41.2 Å². The zero-order valence-corrected chi connectivity index (χ0v) is 16.7. The zero-order chi connectivity index (χ0) is 18.8. The minimum Gasteiger partial charge on any atom is -0.348 e. The first kappa shape index (κ1) is 19.5. The molecular formula is C19H23ClN2O2S. The Morgan fingerprint density at radius 3 is 2.28 bits per heavy atom. The SMILES string of the molecule is Cc1sc(NC(=O)C(C)(C)C)c(C(=O)NCc2ccc(Cl)cc2)c1C. The highest BCUT2D eigenvalue weighted by atomic mass is 35.5. The molecule has 2 N–H and O–H groups in total. The number of carbonyl (C=O) groups excluding carboxylic acids is 2. The lowest BCUT2D eigenvalue weighted by atomic mass is 9.96. The van der Waals surface area contributed by atoms with Crippen LogP contribution >= 0.6 is 22.9 Å². The molecule has 0 aliphatic rings. The smallest absolute Gasteiger partial charge is 0.254 e. The number of thiophene rings is 1. The summed E-state index contributed by atoms with van der Waals surface area (Å²) in [5.41, 5.74) is 1.86. The lowest BCUT2D eigenvalue weighted by Gasteiger charge is -2.17. The molecule has 4 nitrogen and oxygen atoms in total. The summed E-state index contributed by atoms with van der Waals surface area (Å²) in [4.78, 5) is 26.0. The van der Waals surface area contributed by atoms with Crippen molar-refractivity contribution in [2.75, 3.05) is 5.32 Å². The van der Waals surface area contributed by atoms with Crippen LogP contribution in [0.2, 0.25) is 5.02 Å². The highest BCUT2D eigenvalue weighted by molar-refractivity contribution is 7.16. The number of hydrogen-bond donors (Lipinski definition) is 2. The second-order valence-corrected chi connectivity index (χ2v) is 8.66. The number of amides is 2. The van der Waals surface area contributed by atoms with Crippen LogP contribution in [0, 0.1) is 19.3 Å². The van der Waals surface area contributed by atoms with E-state index >= 15 is 0 Å². The lowest BCUT2D eigenvalue weighted by Crippen LogP contribution is -2.29. The number of halogens is 1. The van der Waals surface area contributed by atoms with E-state index in [0.29, 0.717) is 22.1 Å². The van der Waals surface area contributed by atoms with Gasteiger partial charge in [-0.25, -0.2) is 0 Å². The van der Waals surface area contributed by atoms with Crippen molar-refractivity contribution in [3.63, 3.8) is 0 Å². The number of rotatable bonds is 4. The first-order valence-electron chi connectivity index (χ1n) is 8.03. The third-order valence-electron chi connectivity index (χ3n) is 3.89. The van der Waals surface area contributed by atoms with Gasteiger partial charge in [-0.15, -0.1) is 11.3 Å². The van der Waals surface area contributed by atoms with E-state index in [1.54, 1.807) is 12.1 Å². The van der Waals surface area contributed by atoms with Crippen LogP contribution in [0.5, 0.6) is 0 Å². The summed E-state index contributed by atoms with van der Waals surface area (Å²) in [6.07, 6.45) is 0. The van der Waals surface area contributed by atoms with E-state index in [9.17, 15) is 9.59 Å². The van der Waals surface area contributed by atoms with Crippen molar-refractivity contribution < 1.29 is 9.59 Å². The van der Waals surface area contributed by atoms with Crippen LogP contribution in [-0.4, -0.2) is 11.8 Å². The Morgan fingerprint density at radius 2 is 1.72 bits per heavy atom. The number of hydrogen-bond acceptors (Lipinski definition) is 3. The third kappa shape index (κ3) is 4.83. The van der Waals surface area contributed by atoms with Crippen molar-refractivity contribution in [3.8, 4) is 0 Å². The number of anilines is 1. The van der Waals surface area contributed by atoms with Crippen molar-refractivity contribution in [1.29, 1.82) is 0 Å². The number of aryl methyl sites for hydroxylation is 1. The summed E-state index contributed by atoms with van der Waals surface area (Å²) < 4.78 is 0. The number of nitrogens with one attached hydrogen (secondary N) is 2. The maximum atomic E-state index is 12.7. The van der Waals surface area contributed by atoms with Crippen LogP contribution in [0.3, 0.4) is 0 Å². The molecule has 0 aliphatic carbocycles. The van der Waals surface area contributed by atoms with Crippen LogP contribution in [0.4, 0.5) is 5.00 Å². The number of benzene rings is 1. The molecule has 1 heterocycles. The van der Waals surface area contributed by atoms with Gasteiger partial charge in [0.2, 0.25) is 5.91 Å². The van der Waals surface area contributed by atoms with E-state index in [1.165, 1.54) is 11.3 Å². The summed E-state index contributed by atoms with van der Waals surface area (Å²) in [6, 6.07) is 7.32. The molecule has 2 amide bonds. The van der Waals surface area contributed by atoms with Gasteiger partial charge in [0.25, 0.3) is 5.91 Å². The molecule has 0 saturated carbocycles. The molecule has 0 bridgehead atoms. The van der Waals surface area contributed by atoms with Gasteiger partial charge in [0, 0.05) is 21.9 Å². The molecule has 134 valence electrons. The molecule has 2 aromatic rings. The molecule has 1 aromatic carbocycles. The standard InChI is InChI=1S/C19H23ClN2O2S/c1-11-12(2)25-17(22-18(24)19(3,4)5)15(11)16(23)21-10-13-6-8-14(20)9-7-13/h6-9H,10H2,1-5H3,(H,21,23)(H,22,24). The van der Waals surface area contributed by atoms with Gasteiger partial charge in [0.15, 0.2) is 0 Å². The summed E-state index contributed by atoms with van der Waals surface area (Å²) in [6.45, 7) is 9.78. The maximum Gasteiger partial charge on any atom is 0.254 e. The molecule has 6 heteroatoms. The molecule has 0 aliphatic heterocycles. The molecule has 0 fully saturated rings.